The lowest BCUT2D eigenvalue weighted by atomic mass is 9.85. The maximum atomic E-state index is 2.47. The van der Waals surface area contributed by atoms with Gasteiger partial charge in [0.1, 0.15) is 12.1 Å². The largest absolute Gasteiger partial charge is 0.272 e. The number of aromatic nitrogens is 2. The molecular formula is C36H26N2. The molecule has 0 fully saturated rings. The van der Waals surface area contributed by atoms with Crippen molar-refractivity contribution in [3.05, 3.63) is 157 Å². The molecule has 2 nitrogen and oxygen atoms in total. The van der Waals surface area contributed by atoms with E-state index in [9.17, 15) is 0 Å². The zero-order chi connectivity index (χ0) is 25.1. The highest BCUT2D eigenvalue weighted by Crippen LogP contribution is 2.51. The van der Waals surface area contributed by atoms with Crippen molar-refractivity contribution >= 4 is 21.8 Å². The zero-order valence-corrected chi connectivity index (χ0v) is 20.9. The standard InChI is InChI=1S/C36H26N2/c1-2-10-25(11-3-1)29-14-8-15-30(24-29)26-20-22-28(23-21-26)35-36(38-34-19-7-6-18-33(34)37(35)38)32-17-9-13-27-12-4-5-16-31(27)32/h1-24,35-36H. The van der Waals surface area contributed by atoms with Crippen LogP contribution in [0.3, 0.4) is 0 Å². The minimum atomic E-state index is 0.264. The molecular weight excluding hydrogens is 460 g/mol. The van der Waals surface area contributed by atoms with Crippen molar-refractivity contribution in [2.45, 2.75) is 12.1 Å². The summed E-state index contributed by atoms with van der Waals surface area (Å²) in [6.45, 7) is 0. The van der Waals surface area contributed by atoms with Gasteiger partial charge in [0.05, 0.1) is 11.0 Å². The number of benzene rings is 6. The number of rotatable bonds is 4. The van der Waals surface area contributed by atoms with Crippen molar-refractivity contribution in [3.8, 4) is 22.3 Å². The Kier molecular flexibility index (Phi) is 4.68. The normalized spacial score (nSPS) is 16.4. The fraction of sp³-hybridized carbons (Fsp3) is 0.0556. The highest BCUT2D eigenvalue weighted by molar-refractivity contribution is 5.88. The molecule has 0 saturated heterocycles. The van der Waals surface area contributed by atoms with Crippen molar-refractivity contribution in [3.63, 3.8) is 0 Å². The van der Waals surface area contributed by atoms with E-state index in [1.165, 1.54) is 55.2 Å². The quantitative estimate of drug-likeness (QED) is 0.235. The first kappa shape index (κ1) is 21.3. The van der Waals surface area contributed by atoms with E-state index in [-0.39, 0.29) is 12.1 Å². The molecule has 6 aromatic carbocycles. The third-order valence-electron chi connectivity index (χ3n) is 8.13. The summed E-state index contributed by atoms with van der Waals surface area (Å²) in [5, 5.41) is 2.63. The van der Waals surface area contributed by atoms with E-state index in [1.807, 2.05) is 0 Å². The zero-order valence-electron chi connectivity index (χ0n) is 20.9. The van der Waals surface area contributed by atoms with Gasteiger partial charge in [0.2, 0.25) is 0 Å². The van der Waals surface area contributed by atoms with E-state index < -0.39 is 0 Å². The van der Waals surface area contributed by atoms with Gasteiger partial charge >= 0.3 is 0 Å². The highest BCUT2D eigenvalue weighted by Gasteiger charge is 2.43. The molecule has 180 valence electrons. The van der Waals surface area contributed by atoms with E-state index in [4.69, 9.17) is 0 Å². The van der Waals surface area contributed by atoms with Gasteiger partial charge in [-0.25, -0.2) is 0 Å². The minimum absolute atomic E-state index is 0.264. The summed E-state index contributed by atoms with van der Waals surface area (Å²) in [4.78, 5) is 0. The van der Waals surface area contributed by atoms with Crippen LogP contribution in [-0.2, 0) is 0 Å². The van der Waals surface area contributed by atoms with Crippen molar-refractivity contribution in [1.29, 1.82) is 0 Å². The molecule has 2 unspecified atom stereocenters. The van der Waals surface area contributed by atoms with Crippen molar-refractivity contribution in [2.75, 3.05) is 0 Å². The van der Waals surface area contributed by atoms with Gasteiger partial charge in [-0.05, 0) is 62.4 Å². The number of para-hydroxylation sites is 2. The second-order valence-electron chi connectivity index (χ2n) is 10.2. The molecule has 7 aromatic rings. The fourth-order valence-electron chi connectivity index (χ4n) is 6.32. The Balaban J connectivity index is 1.21. The number of nitrogens with zero attached hydrogens (tertiary/aromatic N) is 2. The van der Waals surface area contributed by atoms with Crippen LogP contribution in [0, 0.1) is 0 Å². The highest BCUT2D eigenvalue weighted by atomic mass is 15.5. The Morgan fingerprint density at radius 1 is 0.395 bits per heavy atom. The molecule has 0 bridgehead atoms. The first-order valence-corrected chi connectivity index (χ1v) is 13.3. The van der Waals surface area contributed by atoms with Gasteiger partial charge in [0, 0.05) is 0 Å². The summed E-state index contributed by atoms with van der Waals surface area (Å²) in [7, 11) is 0. The average molecular weight is 487 g/mol. The molecule has 0 radical (unpaired) electrons. The van der Waals surface area contributed by atoms with Crippen molar-refractivity contribution in [2.24, 2.45) is 0 Å². The number of hydrogen-bond acceptors (Lipinski definition) is 0. The van der Waals surface area contributed by atoms with Gasteiger partial charge in [-0.3, -0.25) is 9.36 Å². The van der Waals surface area contributed by atoms with Gasteiger partial charge in [-0.1, -0.05) is 127 Å². The third kappa shape index (κ3) is 3.13. The Morgan fingerprint density at radius 3 is 1.71 bits per heavy atom. The molecule has 38 heavy (non-hydrogen) atoms. The maximum Gasteiger partial charge on any atom is 0.103 e. The monoisotopic (exact) mass is 486 g/mol. The summed E-state index contributed by atoms with van der Waals surface area (Å²) < 4.78 is 4.94. The van der Waals surface area contributed by atoms with Crippen LogP contribution >= 0.6 is 0 Å². The van der Waals surface area contributed by atoms with Crippen LogP contribution in [0.5, 0.6) is 0 Å². The van der Waals surface area contributed by atoms with Gasteiger partial charge in [-0.15, -0.1) is 0 Å². The van der Waals surface area contributed by atoms with Crippen LogP contribution in [-0.4, -0.2) is 9.36 Å². The average Bonchev–Trinajstić information content (AvgIpc) is 2.98. The Bertz CT molecular complexity index is 1920. The predicted molar refractivity (Wildman–Crippen MR) is 157 cm³/mol. The lowest BCUT2D eigenvalue weighted by Gasteiger charge is -2.50. The molecule has 0 aliphatic carbocycles. The molecule has 1 aliphatic rings. The smallest absolute Gasteiger partial charge is 0.103 e. The number of fused-ring (bicyclic) bond motifs is 5. The molecule has 0 spiro atoms. The van der Waals surface area contributed by atoms with Crippen molar-refractivity contribution < 1.29 is 0 Å². The summed E-state index contributed by atoms with van der Waals surface area (Å²) in [5.74, 6) is 0. The van der Waals surface area contributed by atoms with E-state index in [2.05, 4.69) is 155 Å². The van der Waals surface area contributed by atoms with Crippen LogP contribution < -0.4 is 0 Å². The van der Waals surface area contributed by atoms with E-state index >= 15 is 0 Å². The molecule has 1 aromatic heterocycles. The lowest BCUT2D eigenvalue weighted by Crippen LogP contribution is -2.46. The molecule has 0 amide bonds. The predicted octanol–water partition coefficient (Wildman–Crippen LogP) is 9.12. The van der Waals surface area contributed by atoms with Gasteiger partial charge < -0.3 is 0 Å². The summed E-state index contributed by atoms with van der Waals surface area (Å²) in [6, 6.07) is 53.4. The van der Waals surface area contributed by atoms with E-state index in [1.54, 1.807) is 0 Å². The van der Waals surface area contributed by atoms with Crippen LogP contribution in [0.2, 0.25) is 0 Å². The first-order chi connectivity index (χ1) is 18.9. The number of hydrogen-bond donors (Lipinski definition) is 0. The molecule has 2 atom stereocenters. The summed E-state index contributed by atoms with van der Waals surface area (Å²) in [6.07, 6.45) is 0. The van der Waals surface area contributed by atoms with Crippen LogP contribution in [0.25, 0.3) is 44.1 Å². The maximum absolute atomic E-state index is 2.47. The van der Waals surface area contributed by atoms with Crippen LogP contribution in [0.1, 0.15) is 23.2 Å². The van der Waals surface area contributed by atoms with Gasteiger partial charge in [-0.2, -0.15) is 0 Å². The van der Waals surface area contributed by atoms with E-state index in [0.717, 1.165) is 0 Å². The first-order valence-electron chi connectivity index (χ1n) is 13.3. The fourth-order valence-corrected chi connectivity index (χ4v) is 6.32. The van der Waals surface area contributed by atoms with Gasteiger partial charge in [0.15, 0.2) is 0 Å². The summed E-state index contributed by atoms with van der Waals surface area (Å²) in [5.41, 5.74) is 10.3. The molecule has 1 aliphatic heterocycles. The minimum Gasteiger partial charge on any atom is -0.272 e. The molecule has 8 rings (SSSR count). The van der Waals surface area contributed by atoms with Crippen LogP contribution in [0.4, 0.5) is 0 Å². The second kappa shape index (κ2) is 8.36. The molecule has 2 heteroatoms. The van der Waals surface area contributed by atoms with Crippen molar-refractivity contribution in [1.82, 2.24) is 9.36 Å². The Morgan fingerprint density at radius 2 is 0.947 bits per heavy atom. The Labute approximate surface area is 222 Å². The summed E-state index contributed by atoms with van der Waals surface area (Å²) >= 11 is 0. The lowest BCUT2D eigenvalue weighted by molar-refractivity contribution is 0.203. The molecule has 0 N–H and O–H groups in total. The Hall–Kier alpha value is -4.82. The second-order valence-corrected chi connectivity index (χ2v) is 10.2. The molecule has 2 heterocycles. The van der Waals surface area contributed by atoms with Crippen LogP contribution in [0.15, 0.2) is 146 Å². The van der Waals surface area contributed by atoms with Gasteiger partial charge in [0.25, 0.3) is 0 Å². The topological polar surface area (TPSA) is 9.86 Å². The third-order valence-corrected chi connectivity index (χ3v) is 8.13. The molecule has 0 saturated carbocycles. The SMILES string of the molecule is c1ccc(-c2cccc(-c3ccc(C4C(c5cccc6ccccc56)n5c6ccccc6n54)cc3)c2)cc1. The van der Waals surface area contributed by atoms with E-state index in [0.29, 0.717) is 0 Å².